The number of ether oxygens (including phenoxy) is 2. The van der Waals surface area contributed by atoms with Gasteiger partial charge in [-0.05, 0) is 42.8 Å². The number of fused-ring (bicyclic) bond motifs is 1. The molecule has 3 aromatic rings. The summed E-state index contributed by atoms with van der Waals surface area (Å²) in [6, 6.07) is 15.5. The molecule has 0 unspecified atom stereocenters. The smallest absolute Gasteiger partial charge is 0.274 e. The zero-order valence-electron chi connectivity index (χ0n) is 16.7. The van der Waals surface area contributed by atoms with E-state index in [9.17, 15) is 4.79 Å². The molecule has 29 heavy (non-hydrogen) atoms. The number of carbonyl (C=O) groups is 1. The van der Waals surface area contributed by atoms with Gasteiger partial charge in [-0.1, -0.05) is 36.8 Å². The number of amides is 1. The Hall–Kier alpha value is -2.60. The summed E-state index contributed by atoms with van der Waals surface area (Å²) in [6.45, 7) is 4.25. The number of aromatic nitrogens is 1. The second-order valence-corrected chi connectivity index (χ2v) is 8.28. The van der Waals surface area contributed by atoms with Crippen LogP contribution in [-0.4, -0.2) is 41.6 Å². The number of hydrogen-bond acceptors (Lipinski definition) is 5. The number of rotatable bonds is 7. The first-order chi connectivity index (χ1) is 14.2. The monoisotopic (exact) mass is 410 g/mol. The predicted molar refractivity (Wildman–Crippen MR) is 116 cm³/mol. The van der Waals surface area contributed by atoms with Gasteiger partial charge in [0.05, 0.1) is 16.8 Å². The summed E-state index contributed by atoms with van der Waals surface area (Å²) in [7, 11) is 0. The number of thiazole rings is 1. The summed E-state index contributed by atoms with van der Waals surface area (Å²) in [6.07, 6.45) is 3.89. The van der Waals surface area contributed by atoms with Crippen molar-refractivity contribution in [3.8, 4) is 10.9 Å². The van der Waals surface area contributed by atoms with E-state index in [4.69, 9.17) is 9.47 Å². The highest BCUT2D eigenvalue weighted by atomic mass is 32.1. The standard InChI is InChI=1S/C23H26N2O3S/c1-2-3-16-27-18-10-8-17(9-11-18)22(26)25-14-12-19(13-15-25)28-23-24-20-6-4-5-7-21(20)29-23/h4-11,19H,2-3,12-16H2,1H3. The van der Waals surface area contributed by atoms with Gasteiger partial charge in [0.2, 0.25) is 0 Å². The van der Waals surface area contributed by atoms with Crippen LogP contribution in [0, 0.1) is 0 Å². The highest BCUT2D eigenvalue weighted by Crippen LogP contribution is 2.29. The molecule has 0 bridgehead atoms. The minimum absolute atomic E-state index is 0.0727. The number of hydrogen-bond donors (Lipinski definition) is 0. The van der Waals surface area contributed by atoms with E-state index in [2.05, 4.69) is 18.0 Å². The van der Waals surface area contributed by atoms with E-state index >= 15 is 0 Å². The van der Waals surface area contributed by atoms with Crippen LogP contribution in [-0.2, 0) is 0 Å². The van der Waals surface area contributed by atoms with Gasteiger partial charge in [0.1, 0.15) is 11.9 Å². The molecule has 0 N–H and O–H groups in total. The van der Waals surface area contributed by atoms with Gasteiger partial charge in [-0.25, -0.2) is 4.98 Å². The first-order valence-corrected chi connectivity index (χ1v) is 11.1. The number of nitrogens with zero attached hydrogens (tertiary/aromatic N) is 2. The Bertz CT molecular complexity index is 913. The van der Waals surface area contributed by atoms with Crippen molar-refractivity contribution in [1.29, 1.82) is 0 Å². The predicted octanol–water partition coefficient (Wildman–Crippen LogP) is 5.16. The van der Waals surface area contributed by atoms with Gasteiger partial charge in [-0.3, -0.25) is 4.79 Å². The molecule has 0 saturated carbocycles. The molecule has 6 heteroatoms. The highest BCUT2D eigenvalue weighted by Gasteiger charge is 2.25. The lowest BCUT2D eigenvalue weighted by atomic mass is 10.1. The molecule has 4 rings (SSSR count). The molecule has 2 aromatic carbocycles. The lowest BCUT2D eigenvalue weighted by molar-refractivity contribution is 0.0595. The summed E-state index contributed by atoms with van der Waals surface area (Å²) >= 11 is 1.58. The Kier molecular flexibility index (Phi) is 6.30. The summed E-state index contributed by atoms with van der Waals surface area (Å²) in [5.41, 5.74) is 1.68. The molecule has 1 aromatic heterocycles. The van der Waals surface area contributed by atoms with Crippen LogP contribution in [0.3, 0.4) is 0 Å². The van der Waals surface area contributed by atoms with E-state index < -0.39 is 0 Å². The van der Waals surface area contributed by atoms with Crippen molar-refractivity contribution >= 4 is 27.5 Å². The average molecular weight is 411 g/mol. The van der Waals surface area contributed by atoms with Gasteiger partial charge in [-0.15, -0.1) is 0 Å². The van der Waals surface area contributed by atoms with Crippen LogP contribution in [0.15, 0.2) is 48.5 Å². The topological polar surface area (TPSA) is 51.7 Å². The number of unbranched alkanes of at least 4 members (excludes halogenated alkanes) is 1. The summed E-state index contributed by atoms with van der Waals surface area (Å²) in [5.74, 6) is 0.890. The molecule has 2 heterocycles. The second kappa shape index (κ2) is 9.27. The Morgan fingerprint density at radius 1 is 1.14 bits per heavy atom. The zero-order valence-corrected chi connectivity index (χ0v) is 17.5. The van der Waals surface area contributed by atoms with Crippen LogP contribution in [0.5, 0.6) is 10.9 Å². The Labute approximate surface area is 175 Å². The minimum Gasteiger partial charge on any atom is -0.494 e. The molecule has 0 aliphatic carbocycles. The largest absolute Gasteiger partial charge is 0.494 e. The Balaban J connectivity index is 1.29. The van der Waals surface area contributed by atoms with Crippen LogP contribution in [0.25, 0.3) is 10.2 Å². The van der Waals surface area contributed by atoms with E-state index in [1.807, 2.05) is 47.4 Å². The first-order valence-electron chi connectivity index (χ1n) is 10.3. The molecule has 5 nitrogen and oxygen atoms in total. The quantitative estimate of drug-likeness (QED) is 0.505. The summed E-state index contributed by atoms with van der Waals surface area (Å²) in [4.78, 5) is 19.2. The van der Waals surface area contributed by atoms with Gasteiger partial charge in [0.25, 0.3) is 11.1 Å². The molecule has 0 spiro atoms. The van der Waals surface area contributed by atoms with Gasteiger partial charge < -0.3 is 14.4 Å². The molecule has 152 valence electrons. The zero-order chi connectivity index (χ0) is 20.1. The van der Waals surface area contributed by atoms with Gasteiger partial charge in [0, 0.05) is 31.5 Å². The SMILES string of the molecule is CCCCOc1ccc(C(=O)N2CCC(Oc3nc4ccccc4s3)CC2)cc1. The third kappa shape index (κ3) is 4.88. The fraction of sp³-hybridized carbons (Fsp3) is 0.391. The summed E-state index contributed by atoms with van der Waals surface area (Å²) in [5, 5.41) is 0.717. The van der Waals surface area contributed by atoms with Crippen LogP contribution < -0.4 is 9.47 Å². The van der Waals surface area contributed by atoms with E-state index in [-0.39, 0.29) is 12.0 Å². The molecule has 1 saturated heterocycles. The molecule has 1 aliphatic heterocycles. The van der Waals surface area contributed by atoms with Crippen molar-refractivity contribution in [2.45, 2.75) is 38.7 Å². The third-order valence-electron chi connectivity index (χ3n) is 5.14. The number of likely N-dealkylation sites (tertiary alicyclic amines) is 1. The second-order valence-electron chi connectivity index (χ2n) is 7.28. The number of benzene rings is 2. The van der Waals surface area contributed by atoms with Crippen molar-refractivity contribution < 1.29 is 14.3 Å². The molecule has 0 radical (unpaired) electrons. The van der Waals surface area contributed by atoms with E-state index in [0.717, 1.165) is 46.8 Å². The fourth-order valence-electron chi connectivity index (χ4n) is 3.43. The fourth-order valence-corrected chi connectivity index (χ4v) is 4.31. The highest BCUT2D eigenvalue weighted by molar-refractivity contribution is 7.20. The van der Waals surface area contributed by atoms with E-state index in [1.165, 1.54) is 0 Å². The third-order valence-corrected chi connectivity index (χ3v) is 6.07. The van der Waals surface area contributed by atoms with Crippen molar-refractivity contribution in [2.24, 2.45) is 0 Å². The van der Waals surface area contributed by atoms with E-state index in [1.54, 1.807) is 11.3 Å². The van der Waals surface area contributed by atoms with Crippen LogP contribution in [0.1, 0.15) is 43.0 Å². The first kappa shape index (κ1) is 19.7. The normalized spacial score (nSPS) is 14.9. The molecule has 1 aliphatic rings. The molecular formula is C23H26N2O3S. The maximum atomic E-state index is 12.8. The van der Waals surface area contributed by atoms with Gasteiger partial charge >= 0.3 is 0 Å². The van der Waals surface area contributed by atoms with Crippen LogP contribution >= 0.6 is 11.3 Å². The molecular weight excluding hydrogens is 384 g/mol. The van der Waals surface area contributed by atoms with Gasteiger partial charge in [0.15, 0.2) is 0 Å². The number of carbonyl (C=O) groups excluding carboxylic acids is 1. The van der Waals surface area contributed by atoms with Crippen molar-refractivity contribution in [3.05, 3.63) is 54.1 Å². The van der Waals surface area contributed by atoms with Gasteiger partial charge in [-0.2, -0.15) is 0 Å². The lowest BCUT2D eigenvalue weighted by Gasteiger charge is -2.31. The van der Waals surface area contributed by atoms with Crippen LogP contribution in [0.4, 0.5) is 0 Å². The number of para-hydroxylation sites is 1. The van der Waals surface area contributed by atoms with E-state index in [0.29, 0.717) is 25.3 Å². The minimum atomic E-state index is 0.0727. The molecule has 0 atom stereocenters. The van der Waals surface area contributed by atoms with Crippen molar-refractivity contribution in [1.82, 2.24) is 9.88 Å². The number of piperidine rings is 1. The molecule has 1 amide bonds. The summed E-state index contributed by atoms with van der Waals surface area (Å²) < 4.78 is 12.9. The Morgan fingerprint density at radius 3 is 2.62 bits per heavy atom. The van der Waals surface area contributed by atoms with Crippen LogP contribution in [0.2, 0.25) is 0 Å². The molecule has 1 fully saturated rings. The maximum absolute atomic E-state index is 12.8. The van der Waals surface area contributed by atoms with Crippen molar-refractivity contribution in [3.63, 3.8) is 0 Å². The lowest BCUT2D eigenvalue weighted by Crippen LogP contribution is -2.41. The average Bonchev–Trinajstić information content (AvgIpc) is 3.17. The van der Waals surface area contributed by atoms with Crippen molar-refractivity contribution in [2.75, 3.05) is 19.7 Å². The maximum Gasteiger partial charge on any atom is 0.274 e. The Morgan fingerprint density at radius 2 is 1.90 bits per heavy atom.